The molecule has 6 nitrogen and oxygen atoms in total. The maximum atomic E-state index is 13.2. The highest BCUT2D eigenvalue weighted by Gasteiger charge is 2.28. The van der Waals surface area contributed by atoms with E-state index in [1.165, 1.54) is 13.1 Å². The lowest BCUT2D eigenvalue weighted by Crippen LogP contribution is -2.30. The second kappa shape index (κ2) is 9.05. The molecule has 0 aliphatic carbocycles. The molecule has 1 unspecified atom stereocenters. The van der Waals surface area contributed by atoms with Crippen LogP contribution in [0.1, 0.15) is 35.2 Å². The van der Waals surface area contributed by atoms with Gasteiger partial charge >= 0.3 is 0 Å². The van der Waals surface area contributed by atoms with Crippen molar-refractivity contribution in [2.24, 2.45) is 0 Å². The van der Waals surface area contributed by atoms with Crippen molar-refractivity contribution in [3.8, 4) is 0 Å². The molecule has 0 amide bonds. The fraction of sp³-hybridized carbons (Fsp3) is 0.250. The van der Waals surface area contributed by atoms with Crippen molar-refractivity contribution in [1.82, 2.24) is 4.72 Å². The quantitative estimate of drug-likeness (QED) is 0.550. The van der Waals surface area contributed by atoms with E-state index in [0.717, 1.165) is 15.4 Å². The average Bonchev–Trinajstić information content (AvgIpc) is 2.74. The first kappa shape index (κ1) is 24.0. The normalized spacial score (nSPS) is 13.0. The van der Waals surface area contributed by atoms with Gasteiger partial charge in [0.05, 0.1) is 15.5 Å². The van der Waals surface area contributed by atoms with E-state index >= 15 is 0 Å². The van der Waals surface area contributed by atoms with Gasteiger partial charge in [-0.2, -0.15) is 0 Å². The van der Waals surface area contributed by atoms with Crippen molar-refractivity contribution >= 4 is 25.7 Å². The van der Waals surface area contributed by atoms with Gasteiger partial charge in [0.1, 0.15) is 0 Å². The molecule has 0 aliphatic rings. The number of sulfonamides is 2. The Bertz CT molecular complexity index is 1320. The zero-order chi connectivity index (χ0) is 23.7. The summed E-state index contributed by atoms with van der Waals surface area (Å²) in [7, 11) is -6.32. The summed E-state index contributed by atoms with van der Waals surface area (Å²) in [5.41, 5.74) is 3.17. The van der Waals surface area contributed by atoms with Crippen LogP contribution >= 0.6 is 0 Å². The third-order valence-corrected chi connectivity index (χ3v) is 8.96. The van der Waals surface area contributed by atoms with Crippen LogP contribution in [0, 0.1) is 20.8 Å². The van der Waals surface area contributed by atoms with Gasteiger partial charge in [-0.15, -0.1) is 0 Å². The van der Waals surface area contributed by atoms with Gasteiger partial charge in [0, 0.05) is 13.1 Å². The summed E-state index contributed by atoms with van der Waals surface area (Å²) in [6.45, 7) is 7.04. The van der Waals surface area contributed by atoms with Crippen molar-refractivity contribution in [3.05, 3.63) is 89.0 Å². The van der Waals surface area contributed by atoms with E-state index in [1.807, 2.05) is 37.3 Å². The fourth-order valence-corrected chi connectivity index (χ4v) is 6.48. The molecule has 0 bridgehead atoms. The predicted octanol–water partition coefficient (Wildman–Crippen LogP) is 4.48. The summed E-state index contributed by atoms with van der Waals surface area (Å²) < 4.78 is 56.7. The van der Waals surface area contributed by atoms with Crippen LogP contribution in [0.5, 0.6) is 0 Å². The minimum Gasteiger partial charge on any atom is -0.269 e. The van der Waals surface area contributed by atoms with Crippen LogP contribution in [0.2, 0.25) is 0 Å². The smallest absolute Gasteiger partial charge is 0.264 e. The molecule has 170 valence electrons. The minimum atomic E-state index is -3.90. The zero-order valence-corrected chi connectivity index (χ0v) is 20.5. The molecule has 1 N–H and O–H groups in total. The molecular formula is C24H28N2O4S2. The van der Waals surface area contributed by atoms with Gasteiger partial charge in [0.15, 0.2) is 0 Å². The molecule has 3 aromatic rings. The van der Waals surface area contributed by atoms with Crippen LogP contribution in [0.4, 0.5) is 5.69 Å². The van der Waals surface area contributed by atoms with Gasteiger partial charge in [-0.1, -0.05) is 54.1 Å². The summed E-state index contributed by atoms with van der Waals surface area (Å²) in [4.78, 5) is 0.195. The Kier molecular flexibility index (Phi) is 6.78. The molecule has 0 saturated heterocycles. The Morgan fingerprint density at radius 3 is 2.00 bits per heavy atom. The van der Waals surface area contributed by atoms with E-state index in [9.17, 15) is 16.8 Å². The van der Waals surface area contributed by atoms with Crippen LogP contribution in [0.15, 0.2) is 76.5 Å². The Labute approximate surface area is 191 Å². The minimum absolute atomic E-state index is 0.0480. The molecule has 0 aliphatic heterocycles. The van der Waals surface area contributed by atoms with E-state index in [4.69, 9.17) is 0 Å². The molecule has 32 heavy (non-hydrogen) atoms. The lowest BCUT2D eigenvalue weighted by atomic mass is 10.1. The van der Waals surface area contributed by atoms with E-state index in [0.29, 0.717) is 16.8 Å². The van der Waals surface area contributed by atoms with E-state index in [-0.39, 0.29) is 9.79 Å². The SMILES string of the molecule is Cc1ccc(S(=O)(=O)N(C)c2c(C)ccc(S(=O)(=O)NC(C)c3ccccc3)c2C)cc1. The van der Waals surface area contributed by atoms with Crippen LogP contribution in [0.25, 0.3) is 0 Å². The molecule has 0 spiro atoms. The summed E-state index contributed by atoms with van der Waals surface area (Å²) in [6, 6.07) is 18.5. The third-order valence-electron chi connectivity index (χ3n) is 5.50. The standard InChI is InChI=1S/C24H28N2O4S2/c1-17-11-14-22(15-12-17)32(29,30)26(5)24-18(2)13-16-23(19(24)3)31(27,28)25-20(4)21-9-7-6-8-10-21/h6-16,20,25H,1-5H3. The first-order valence-corrected chi connectivity index (χ1v) is 13.1. The Morgan fingerprint density at radius 2 is 1.41 bits per heavy atom. The molecule has 0 aromatic heterocycles. The van der Waals surface area contributed by atoms with Gasteiger partial charge in [-0.05, 0) is 62.6 Å². The lowest BCUT2D eigenvalue weighted by Gasteiger charge is -2.25. The number of hydrogen-bond acceptors (Lipinski definition) is 4. The van der Waals surface area contributed by atoms with E-state index in [1.54, 1.807) is 51.1 Å². The number of benzene rings is 3. The maximum absolute atomic E-state index is 13.2. The molecule has 0 radical (unpaired) electrons. The Morgan fingerprint density at radius 1 is 0.812 bits per heavy atom. The van der Waals surface area contributed by atoms with E-state index < -0.39 is 26.1 Å². The zero-order valence-electron chi connectivity index (χ0n) is 18.8. The second-order valence-corrected chi connectivity index (χ2v) is 11.5. The van der Waals surface area contributed by atoms with E-state index in [2.05, 4.69) is 4.72 Å². The summed E-state index contributed by atoms with van der Waals surface area (Å²) in [6.07, 6.45) is 0. The highest BCUT2D eigenvalue weighted by molar-refractivity contribution is 7.92. The molecule has 3 rings (SSSR count). The molecule has 0 heterocycles. The molecular weight excluding hydrogens is 444 g/mol. The first-order chi connectivity index (χ1) is 14.9. The van der Waals surface area contributed by atoms with Crippen molar-refractivity contribution in [2.75, 3.05) is 11.4 Å². The van der Waals surface area contributed by atoms with Gasteiger partial charge in [-0.25, -0.2) is 21.6 Å². The van der Waals surface area contributed by atoms with Crippen molar-refractivity contribution in [3.63, 3.8) is 0 Å². The van der Waals surface area contributed by atoms with Gasteiger partial charge in [-0.3, -0.25) is 4.31 Å². The second-order valence-electron chi connectivity index (χ2n) is 7.89. The highest BCUT2D eigenvalue weighted by Crippen LogP contribution is 2.33. The number of nitrogens with one attached hydrogen (secondary N) is 1. The van der Waals surface area contributed by atoms with Gasteiger partial charge < -0.3 is 0 Å². The van der Waals surface area contributed by atoms with Crippen molar-refractivity contribution in [1.29, 1.82) is 0 Å². The van der Waals surface area contributed by atoms with Crippen LogP contribution in [0.3, 0.4) is 0 Å². The molecule has 0 saturated carbocycles. The third kappa shape index (κ3) is 4.72. The molecule has 0 fully saturated rings. The number of anilines is 1. The van der Waals surface area contributed by atoms with Crippen molar-refractivity contribution in [2.45, 2.75) is 43.5 Å². The van der Waals surface area contributed by atoms with Crippen molar-refractivity contribution < 1.29 is 16.8 Å². The lowest BCUT2D eigenvalue weighted by molar-refractivity contribution is 0.566. The average molecular weight is 473 g/mol. The first-order valence-electron chi connectivity index (χ1n) is 10.2. The van der Waals surface area contributed by atoms with Crippen LogP contribution in [-0.2, 0) is 20.0 Å². The number of nitrogens with zero attached hydrogens (tertiary/aromatic N) is 1. The summed E-state index contributed by atoms with van der Waals surface area (Å²) in [5.74, 6) is 0. The van der Waals surface area contributed by atoms with Gasteiger partial charge in [0.25, 0.3) is 10.0 Å². The largest absolute Gasteiger partial charge is 0.269 e. The number of aryl methyl sites for hydroxylation is 2. The van der Waals surface area contributed by atoms with Crippen LogP contribution in [-0.4, -0.2) is 23.9 Å². The predicted molar refractivity (Wildman–Crippen MR) is 128 cm³/mol. The summed E-state index contributed by atoms with van der Waals surface area (Å²) >= 11 is 0. The Balaban J connectivity index is 2.02. The number of rotatable bonds is 7. The topological polar surface area (TPSA) is 83.6 Å². The summed E-state index contributed by atoms with van der Waals surface area (Å²) in [5, 5.41) is 0. The monoisotopic (exact) mass is 472 g/mol. The fourth-order valence-electron chi connectivity index (χ4n) is 3.69. The maximum Gasteiger partial charge on any atom is 0.264 e. The van der Waals surface area contributed by atoms with Gasteiger partial charge in [0.2, 0.25) is 10.0 Å². The van der Waals surface area contributed by atoms with Crippen LogP contribution < -0.4 is 9.03 Å². The molecule has 3 aromatic carbocycles. The molecule has 8 heteroatoms. The highest BCUT2D eigenvalue weighted by atomic mass is 32.2. The molecule has 1 atom stereocenters. The Hall–Kier alpha value is -2.68. The number of hydrogen-bond donors (Lipinski definition) is 1.